The molecule has 2 saturated heterocycles. The molecule has 2 aromatic heterocycles. The zero-order valence-corrected chi connectivity index (χ0v) is 19.9. The molecule has 182 valence electrons. The third-order valence-electron chi connectivity index (χ3n) is 8.04. The number of pyridine rings is 1. The maximum atomic E-state index is 14.1. The quantitative estimate of drug-likeness (QED) is 0.542. The molecule has 10 heteroatoms. The van der Waals surface area contributed by atoms with E-state index in [-0.39, 0.29) is 17.2 Å². The summed E-state index contributed by atoms with van der Waals surface area (Å²) >= 11 is 6.39. The Hall–Kier alpha value is -2.62. The highest BCUT2D eigenvalue weighted by Gasteiger charge is 2.55. The van der Waals surface area contributed by atoms with Crippen molar-refractivity contribution >= 4 is 17.4 Å². The minimum absolute atomic E-state index is 0.125. The van der Waals surface area contributed by atoms with Gasteiger partial charge in [-0.15, -0.1) is 10.2 Å². The lowest BCUT2D eigenvalue weighted by Gasteiger charge is -2.59. The maximum absolute atomic E-state index is 14.1. The van der Waals surface area contributed by atoms with Crippen LogP contribution in [0.2, 0.25) is 5.02 Å². The molecule has 7 rings (SSSR count). The molecule has 1 aliphatic carbocycles. The number of aromatic nitrogens is 4. The summed E-state index contributed by atoms with van der Waals surface area (Å²) in [6.07, 6.45) is 4.02. The molecule has 1 aromatic carbocycles. The van der Waals surface area contributed by atoms with Gasteiger partial charge in [-0.05, 0) is 43.0 Å². The summed E-state index contributed by atoms with van der Waals surface area (Å²) in [5.74, 6) is 1.20. The first-order valence-electron chi connectivity index (χ1n) is 12.1. The van der Waals surface area contributed by atoms with Crippen molar-refractivity contribution in [2.45, 2.75) is 44.3 Å². The van der Waals surface area contributed by atoms with E-state index in [4.69, 9.17) is 16.3 Å². The van der Waals surface area contributed by atoms with Crippen molar-refractivity contribution in [3.8, 4) is 5.69 Å². The SMILES string of the molecule is Fc1cnc(N2CC3(CC(c4nnc5n4-c4ccc(Cl)cc4CN([C@H]4CCOC4)C5)C3)C2)c(F)c1. The number of rotatable bonds is 3. The molecule has 7 nitrogen and oxygen atoms in total. The molecule has 0 bridgehead atoms. The van der Waals surface area contributed by atoms with E-state index in [0.717, 1.165) is 86.7 Å². The molecule has 3 aromatic rings. The van der Waals surface area contributed by atoms with E-state index in [9.17, 15) is 8.78 Å². The van der Waals surface area contributed by atoms with Gasteiger partial charge in [0.1, 0.15) is 11.6 Å². The zero-order chi connectivity index (χ0) is 23.7. The predicted molar refractivity (Wildman–Crippen MR) is 126 cm³/mol. The fraction of sp³-hybridized carbons (Fsp3) is 0.480. The number of hydrogen-bond acceptors (Lipinski definition) is 6. The van der Waals surface area contributed by atoms with E-state index in [1.807, 2.05) is 11.0 Å². The highest BCUT2D eigenvalue weighted by Crippen LogP contribution is 2.56. The van der Waals surface area contributed by atoms with E-state index in [1.165, 1.54) is 5.56 Å². The van der Waals surface area contributed by atoms with Crippen LogP contribution in [0.5, 0.6) is 0 Å². The second-order valence-electron chi connectivity index (χ2n) is 10.4. The summed E-state index contributed by atoms with van der Waals surface area (Å²) in [6.45, 7) is 4.49. The number of halogens is 3. The normalized spacial score (nSPS) is 23.5. The lowest BCUT2D eigenvalue weighted by Crippen LogP contribution is -2.62. The van der Waals surface area contributed by atoms with Crippen LogP contribution in [-0.4, -0.2) is 57.0 Å². The molecule has 1 saturated carbocycles. The molecule has 5 heterocycles. The topological polar surface area (TPSA) is 59.3 Å². The average Bonchev–Trinajstić information content (AvgIpc) is 3.41. The van der Waals surface area contributed by atoms with Gasteiger partial charge < -0.3 is 9.64 Å². The molecular weight excluding hydrogens is 474 g/mol. The Labute approximate surface area is 206 Å². The fourth-order valence-corrected chi connectivity index (χ4v) is 6.56. The van der Waals surface area contributed by atoms with Crippen LogP contribution in [0.4, 0.5) is 14.6 Å². The van der Waals surface area contributed by atoms with E-state index in [2.05, 4.69) is 36.8 Å². The smallest absolute Gasteiger partial charge is 0.168 e. The molecule has 0 amide bonds. The van der Waals surface area contributed by atoms with Crippen LogP contribution in [0.15, 0.2) is 30.5 Å². The minimum atomic E-state index is -0.654. The summed E-state index contributed by atoms with van der Waals surface area (Å²) in [7, 11) is 0. The van der Waals surface area contributed by atoms with Crippen LogP contribution in [0.1, 0.15) is 42.4 Å². The molecule has 3 aliphatic heterocycles. The number of ether oxygens (including phenoxy) is 1. The highest BCUT2D eigenvalue weighted by atomic mass is 35.5. The van der Waals surface area contributed by atoms with Crippen molar-refractivity contribution in [3.63, 3.8) is 0 Å². The maximum Gasteiger partial charge on any atom is 0.168 e. The fourth-order valence-electron chi connectivity index (χ4n) is 6.36. The molecule has 1 spiro atoms. The largest absolute Gasteiger partial charge is 0.380 e. The van der Waals surface area contributed by atoms with Gasteiger partial charge in [0.05, 0.1) is 25.0 Å². The molecule has 0 N–H and O–H groups in total. The van der Waals surface area contributed by atoms with E-state index < -0.39 is 11.6 Å². The first-order chi connectivity index (χ1) is 17.0. The lowest BCUT2D eigenvalue weighted by atomic mass is 9.57. The van der Waals surface area contributed by atoms with Gasteiger partial charge in [0.25, 0.3) is 0 Å². The number of nitrogens with zero attached hydrogens (tertiary/aromatic N) is 6. The highest BCUT2D eigenvalue weighted by molar-refractivity contribution is 6.30. The van der Waals surface area contributed by atoms with Crippen LogP contribution in [0.3, 0.4) is 0 Å². The Kier molecular flexibility index (Phi) is 4.91. The zero-order valence-electron chi connectivity index (χ0n) is 19.1. The standard InChI is InChI=1S/C25H25ClF2N6O/c26-17-1-2-21-15(5-17)10-32(19-3-4-35-12-19)11-22-30-31-23(34(21)22)16-7-25(8-16)13-33(14-25)24-20(28)6-18(27)9-29-24/h1-2,5-6,9,16,19H,3-4,7-8,10-14H2/t19-/m0/s1. The second kappa shape index (κ2) is 7.94. The first-order valence-corrected chi connectivity index (χ1v) is 12.5. The van der Waals surface area contributed by atoms with E-state index >= 15 is 0 Å². The predicted octanol–water partition coefficient (Wildman–Crippen LogP) is 4.08. The Morgan fingerprint density at radius 3 is 2.71 bits per heavy atom. The molecular formula is C25H25ClF2N6O. The third-order valence-corrected chi connectivity index (χ3v) is 8.28. The molecule has 4 aliphatic rings. The van der Waals surface area contributed by atoms with Crippen LogP contribution >= 0.6 is 11.6 Å². The third kappa shape index (κ3) is 3.55. The van der Waals surface area contributed by atoms with Crippen molar-refractivity contribution in [1.82, 2.24) is 24.6 Å². The van der Waals surface area contributed by atoms with E-state index in [0.29, 0.717) is 12.6 Å². The number of fused-ring (bicyclic) bond motifs is 3. The Bertz CT molecular complexity index is 1300. The second-order valence-corrected chi connectivity index (χ2v) is 10.9. The first kappa shape index (κ1) is 21.6. The molecule has 1 atom stereocenters. The summed E-state index contributed by atoms with van der Waals surface area (Å²) in [4.78, 5) is 8.28. The molecule has 0 unspecified atom stereocenters. The van der Waals surface area contributed by atoms with Crippen molar-refractivity contribution in [1.29, 1.82) is 0 Å². The Balaban J connectivity index is 1.14. The van der Waals surface area contributed by atoms with Gasteiger partial charge in [0.15, 0.2) is 17.5 Å². The van der Waals surface area contributed by atoms with Crippen LogP contribution in [0, 0.1) is 17.0 Å². The van der Waals surface area contributed by atoms with Crippen LogP contribution in [-0.2, 0) is 17.8 Å². The molecule has 0 radical (unpaired) electrons. The number of anilines is 1. The summed E-state index contributed by atoms with van der Waals surface area (Å²) in [5, 5.41) is 10.0. The van der Waals surface area contributed by atoms with Gasteiger partial charge in [-0.1, -0.05) is 11.6 Å². The Morgan fingerprint density at radius 2 is 1.94 bits per heavy atom. The van der Waals surface area contributed by atoms with Gasteiger partial charge in [0.2, 0.25) is 0 Å². The lowest BCUT2D eigenvalue weighted by molar-refractivity contribution is 0.0575. The van der Waals surface area contributed by atoms with Crippen molar-refractivity contribution in [2.75, 3.05) is 31.2 Å². The molecule has 35 heavy (non-hydrogen) atoms. The van der Waals surface area contributed by atoms with Gasteiger partial charge in [-0.25, -0.2) is 13.8 Å². The Morgan fingerprint density at radius 1 is 1.09 bits per heavy atom. The average molecular weight is 499 g/mol. The van der Waals surface area contributed by atoms with Gasteiger partial charge in [0, 0.05) is 54.7 Å². The number of hydrogen-bond donors (Lipinski definition) is 0. The van der Waals surface area contributed by atoms with Crippen LogP contribution < -0.4 is 4.90 Å². The van der Waals surface area contributed by atoms with Gasteiger partial charge in [-0.2, -0.15) is 0 Å². The monoisotopic (exact) mass is 498 g/mol. The van der Waals surface area contributed by atoms with Gasteiger partial charge in [-0.3, -0.25) is 9.47 Å². The van der Waals surface area contributed by atoms with Gasteiger partial charge >= 0.3 is 0 Å². The van der Waals surface area contributed by atoms with Crippen molar-refractivity contribution in [3.05, 3.63) is 64.3 Å². The summed E-state index contributed by atoms with van der Waals surface area (Å²) in [6, 6.07) is 7.31. The number of benzene rings is 1. The van der Waals surface area contributed by atoms with Crippen molar-refractivity contribution < 1.29 is 13.5 Å². The van der Waals surface area contributed by atoms with E-state index in [1.54, 1.807) is 0 Å². The minimum Gasteiger partial charge on any atom is -0.380 e. The molecule has 3 fully saturated rings. The summed E-state index contributed by atoms with van der Waals surface area (Å²) < 4.78 is 35.3. The summed E-state index contributed by atoms with van der Waals surface area (Å²) in [5.41, 5.74) is 2.39. The van der Waals surface area contributed by atoms with Crippen LogP contribution in [0.25, 0.3) is 5.69 Å². The van der Waals surface area contributed by atoms with Crippen molar-refractivity contribution in [2.24, 2.45) is 5.41 Å².